The molecule has 0 amide bonds. The van der Waals surface area contributed by atoms with E-state index >= 15 is 0 Å². The molecule has 3 rings (SSSR count). The summed E-state index contributed by atoms with van der Waals surface area (Å²) in [6.07, 6.45) is -3.33. The second-order valence-corrected chi connectivity index (χ2v) is 4.85. The van der Waals surface area contributed by atoms with Gasteiger partial charge in [-0.25, -0.2) is 0 Å². The third-order valence-corrected chi connectivity index (χ3v) is 3.31. The Bertz CT molecular complexity index is 884. The highest BCUT2D eigenvalue weighted by atomic mass is 19.4. The third-order valence-electron chi connectivity index (χ3n) is 3.31. The van der Waals surface area contributed by atoms with Crippen LogP contribution in [0.3, 0.4) is 0 Å². The van der Waals surface area contributed by atoms with Crippen molar-refractivity contribution in [2.24, 2.45) is 0 Å². The number of benzene rings is 1. The van der Waals surface area contributed by atoms with Crippen molar-refractivity contribution >= 4 is 10.9 Å². The SMILES string of the molecule is O=c1c(C(F)(F)F)cccn1Cc1ccc2ccccc2n1. The molecule has 3 aromatic rings. The van der Waals surface area contributed by atoms with Crippen LogP contribution in [0.4, 0.5) is 13.2 Å². The lowest BCUT2D eigenvalue weighted by molar-refractivity contribution is -0.138. The predicted octanol–water partition coefficient (Wildman–Crippen LogP) is 3.46. The third kappa shape index (κ3) is 2.72. The van der Waals surface area contributed by atoms with E-state index in [0.717, 1.165) is 21.5 Å². The number of hydrogen-bond donors (Lipinski definition) is 0. The zero-order valence-corrected chi connectivity index (χ0v) is 11.3. The molecule has 2 aromatic heterocycles. The van der Waals surface area contributed by atoms with Gasteiger partial charge in [-0.3, -0.25) is 9.78 Å². The maximum atomic E-state index is 12.7. The quantitative estimate of drug-likeness (QED) is 0.726. The number of halogens is 3. The Labute approximate surface area is 123 Å². The molecular weight excluding hydrogens is 293 g/mol. The second kappa shape index (κ2) is 5.29. The zero-order chi connectivity index (χ0) is 15.7. The molecule has 22 heavy (non-hydrogen) atoms. The molecule has 0 saturated heterocycles. The van der Waals surface area contributed by atoms with Crippen LogP contribution in [0.5, 0.6) is 0 Å². The maximum absolute atomic E-state index is 12.7. The molecular formula is C16H11F3N2O. The van der Waals surface area contributed by atoms with Gasteiger partial charge < -0.3 is 4.57 Å². The average molecular weight is 304 g/mol. The van der Waals surface area contributed by atoms with Gasteiger partial charge in [0, 0.05) is 11.6 Å². The highest BCUT2D eigenvalue weighted by molar-refractivity contribution is 5.78. The molecule has 0 aliphatic rings. The molecule has 0 atom stereocenters. The minimum absolute atomic E-state index is 0.00636. The van der Waals surface area contributed by atoms with E-state index < -0.39 is 17.3 Å². The fraction of sp³-hybridized carbons (Fsp3) is 0.125. The van der Waals surface area contributed by atoms with E-state index in [2.05, 4.69) is 4.98 Å². The fourth-order valence-corrected chi connectivity index (χ4v) is 2.25. The molecule has 0 aliphatic heterocycles. The van der Waals surface area contributed by atoms with Gasteiger partial charge in [-0.2, -0.15) is 13.2 Å². The minimum Gasteiger partial charge on any atom is -0.309 e. The van der Waals surface area contributed by atoms with Crippen molar-refractivity contribution in [3.05, 3.63) is 76.3 Å². The van der Waals surface area contributed by atoms with Crippen LogP contribution in [-0.2, 0) is 12.7 Å². The maximum Gasteiger partial charge on any atom is 0.421 e. The van der Waals surface area contributed by atoms with Gasteiger partial charge in [-0.15, -0.1) is 0 Å². The zero-order valence-electron chi connectivity index (χ0n) is 11.3. The van der Waals surface area contributed by atoms with Gasteiger partial charge in [0.25, 0.3) is 5.56 Å². The number of fused-ring (bicyclic) bond motifs is 1. The summed E-state index contributed by atoms with van der Waals surface area (Å²) in [5, 5.41) is 0.933. The van der Waals surface area contributed by atoms with Crippen LogP contribution in [0, 0.1) is 0 Å². The first kappa shape index (κ1) is 14.3. The summed E-state index contributed by atoms with van der Waals surface area (Å²) in [6, 6.07) is 12.9. The van der Waals surface area contributed by atoms with Crippen LogP contribution in [0.2, 0.25) is 0 Å². The molecule has 6 heteroatoms. The predicted molar refractivity (Wildman–Crippen MR) is 76.5 cm³/mol. The monoisotopic (exact) mass is 304 g/mol. The Morgan fingerprint density at radius 3 is 2.55 bits per heavy atom. The topological polar surface area (TPSA) is 34.9 Å². The Morgan fingerprint density at radius 1 is 1.00 bits per heavy atom. The molecule has 0 saturated carbocycles. The van der Waals surface area contributed by atoms with E-state index in [1.54, 1.807) is 6.07 Å². The number of para-hydroxylation sites is 1. The van der Waals surface area contributed by atoms with Crippen molar-refractivity contribution < 1.29 is 13.2 Å². The van der Waals surface area contributed by atoms with Gasteiger partial charge in [0.05, 0.1) is 17.8 Å². The Morgan fingerprint density at radius 2 is 1.77 bits per heavy atom. The molecule has 0 N–H and O–H groups in total. The fourth-order valence-electron chi connectivity index (χ4n) is 2.25. The van der Waals surface area contributed by atoms with Gasteiger partial charge in [0.2, 0.25) is 0 Å². The normalized spacial score (nSPS) is 11.8. The summed E-state index contributed by atoms with van der Waals surface area (Å²) in [5.41, 5.74) is -0.971. The molecule has 0 fully saturated rings. The lowest BCUT2D eigenvalue weighted by Gasteiger charge is -2.10. The second-order valence-electron chi connectivity index (χ2n) is 4.85. The van der Waals surface area contributed by atoms with Crippen molar-refractivity contribution in [2.45, 2.75) is 12.7 Å². The highest BCUT2D eigenvalue weighted by Gasteiger charge is 2.34. The number of pyridine rings is 2. The van der Waals surface area contributed by atoms with Gasteiger partial charge >= 0.3 is 6.18 Å². The molecule has 2 heterocycles. The molecule has 0 bridgehead atoms. The summed E-state index contributed by atoms with van der Waals surface area (Å²) < 4.78 is 39.3. The summed E-state index contributed by atoms with van der Waals surface area (Å²) in [4.78, 5) is 16.3. The summed E-state index contributed by atoms with van der Waals surface area (Å²) >= 11 is 0. The van der Waals surface area contributed by atoms with E-state index in [4.69, 9.17) is 0 Å². The van der Waals surface area contributed by atoms with Gasteiger partial charge in [-0.1, -0.05) is 24.3 Å². The van der Waals surface area contributed by atoms with Gasteiger partial charge in [0.15, 0.2) is 0 Å². The van der Waals surface area contributed by atoms with Crippen molar-refractivity contribution in [3.63, 3.8) is 0 Å². The highest BCUT2D eigenvalue weighted by Crippen LogP contribution is 2.26. The van der Waals surface area contributed by atoms with Crippen LogP contribution < -0.4 is 5.56 Å². The lowest BCUT2D eigenvalue weighted by atomic mass is 10.2. The van der Waals surface area contributed by atoms with Gasteiger partial charge in [-0.05, 0) is 24.3 Å². The molecule has 0 radical (unpaired) electrons. The van der Waals surface area contributed by atoms with Crippen LogP contribution >= 0.6 is 0 Å². The smallest absolute Gasteiger partial charge is 0.309 e. The molecule has 0 unspecified atom stereocenters. The van der Waals surface area contributed by atoms with Crippen molar-refractivity contribution in [1.29, 1.82) is 0 Å². The van der Waals surface area contributed by atoms with E-state index in [-0.39, 0.29) is 6.54 Å². The van der Waals surface area contributed by atoms with Gasteiger partial charge in [0.1, 0.15) is 5.56 Å². The number of aromatic nitrogens is 2. The minimum atomic E-state index is -4.66. The van der Waals surface area contributed by atoms with Crippen molar-refractivity contribution in [2.75, 3.05) is 0 Å². The van der Waals surface area contributed by atoms with E-state index in [9.17, 15) is 18.0 Å². The van der Waals surface area contributed by atoms with Crippen LogP contribution in [0.15, 0.2) is 59.5 Å². The summed E-state index contributed by atoms with van der Waals surface area (Å²) in [7, 11) is 0. The first-order valence-electron chi connectivity index (χ1n) is 6.56. The van der Waals surface area contributed by atoms with Crippen molar-refractivity contribution in [3.8, 4) is 0 Å². The number of hydrogen-bond acceptors (Lipinski definition) is 2. The first-order chi connectivity index (χ1) is 10.4. The standard InChI is InChI=1S/C16H11F3N2O/c17-16(18,19)13-5-3-9-21(15(13)22)10-12-8-7-11-4-1-2-6-14(11)20-12/h1-9H,10H2. The van der Waals surface area contributed by atoms with E-state index in [1.807, 2.05) is 30.3 Å². The van der Waals surface area contributed by atoms with Crippen LogP contribution in [0.25, 0.3) is 10.9 Å². The van der Waals surface area contributed by atoms with Crippen molar-refractivity contribution in [1.82, 2.24) is 9.55 Å². The summed E-state index contributed by atoms with van der Waals surface area (Å²) in [5.74, 6) is 0. The Kier molecular flexibility index (Phi) is 3.44. The van der Waals surface area contributed by atoms with Crippen LogP contribution in [0.1, 0.15) is 11.3 Å². The first-order valence-corrected chi connectivity index (χ1v) is 6.56. The van der Waals surface area contributed by atoms with Crippen LogP contribution in [-0.4, -0.2) is 9.55 Å². The van der Waals surface area contributed by atoms with E-state index in [1.165, 1.54) is 12.3 Å². The molecule has 0 spiro atoms. The van der Waals surface area contributed by atoms with E-state index in [0.29, 0.717) is 5.69 Å². The summed E-state index contributed by atoms with van der Waals surface area (Å²) in [6.45, 7) is -0.00636. The molecule has 112 valence electrons. The Balaban J connectivity index is 2.00. The Hall–Kier alpha value is -2.63. The largest absolute Gasteiger partial charge is 0.421 e. The molecule has 0 aliphatic carbocycles. The average Bonchev–Trinajstić information content (AvgIpc) is 2.48. The number of alkyl halides is 3. The molecule has 3 nitrogen and oxygen atoms in total. The lowest BCUT2D eigenvalue weighted by Crippen LogP contribution is -2.28. The number of rotatable bonds is 2. The molecule has 1 aromatic carbocycles. The number of nitrogens with zero attached hydrogens (tertiary/aromatic N) is 2.